The highest BCUT2D eigenvalue weighted by molar-refractivity contribution is 5.98. The molecule has 1 unspecified atom stereocenters. The Bertz CT molecular complexity index is 1060. The largest absolute Gasteiger partial charge is 0.378 e. The Morgan fingerprint density at radius 3 is 2.47 bits per heavy atom. The number of nitro benzene ring substituents is 2. The van der Waals surface area contributed by atoms with E-state index < -0.39 is 15.9 Å². The molecule has 1 heterocycles. The molecule has 2 amide bonds. The standard InChI is InChI=1S/C21H23N5O6/c1-14-13-15(8-9-17(14)25(29)30)21(28)24-12-4-7-19(24)20(27)23-11-10-22-16-5-2-3-6-18(16)26(31)32/h2-3,5-6,8-9,13,19,22H,4,7,10-12H2,1H3,(H,23,27). The van der Waals surface area contributed by atoms with Crippen molar-refractivity contribution in [2.24, 2.45) is 0 Å². The summed E-state index contributed by atoms with van der Waals surface area (Å²) in [6.07, 6.45) is 1.19. The van der Waals surface area contributed by atoms with Gasteiger partial charge in [0.15, 0.2) is 0 Å². The number of likely N-dealkylation sites (tertiary alicyclic amines) is 1. The zero-order valence-electron chi connectivity index (χ0n) is 17.4. The van der Waals surface area contributed by atoms with E-state index in [0.29, 0.717) is 36.2 Å². The first-order valence-corrected chi connectivity index (χ1v) is 10.1. The van der Waals surface area contributed by atoms with Crippen molar-refractivity contribution in [3.8, 4) is 0 Å². The fourth-order valence-corrected chi connectivity index (χ4v) is 3.72. The first-order valence-electron chi connectivity index (χ1n) is 10.1. The van der Waals surface area contributed by atoms with Crippen LogP contribution in [0.5, 0.6) is 0 Å². The fourth-order valence-electron chi connectivity index (χ4n) is 3.72. The molecule has 168 valence electrons. The van der Waals surface area contributed by atoms with Gasteiger partial charge in [-0.2, -0.15) is 0 Å². The van der Waals surface area contributed by atoms with Crippen LogP contribution in [0.1, 0.15) is 28.8 Å². The summed E-state index contributed by atoms with van der Waals surface area (Å²) < 4.78 is 0. The summed E-state index contributed by atoms with van der Waals surface area (Å²) in [4.78, 5) is 48.1. The number of nitrogens with one attached hydrogen (secondary N) is 2. The summed E-state index contributed by atoms with van der Waals surface area (Å²) in [6.45, 7) is 2.48. The van der Waals surface area contributed by atoms with E-state index in [1.165, 1.54) is 29.2 Å². The second-order valence-electron chi connectivity index (χ2n) is 7.41. The van der Waals surface area contributed by atoms with Gasteiger partial charge in [0.25, 0.3) is 17.3 Å². The number of hydrogen-bond acceptors (Lipinski definition) is 7. The molecule has 1 aliphatic rings. The van der Waals surface area contributed by atoms with E-state index in [-0.39, 0.29) is 36.3 Å². The lowest BCUT2D eigenvalue weighted by molar-refractivity contribution is -0.385. The number of para-hydroxylation sites is 2. The third kappa shape index (κ3) is 4.99. The van der Waals surface area contributed by atoms with E-state index in [0.717, 1.165) is 0 Å². The Morgan fingerprint density at radius 2 is 1.78 bits per heavy atom. The van der Waals surface area contributed by atoms with Gasteiger partial charge < -0.3 is 15.5 Å². The lowest BCUT2D eigenvalue weighted by Gasteiger charge is -2.24. The highest BCUT2D eigenvalue weighted by atomic mass is 16.6. The van der Waals surface area contributed by atoms with E-state index in [1.807, 2.05) is 0 Å². The number of nitrogens with zero attached hydrogens (tertiary/aromatic N) is 3. The average Bonchev–Trinajstić information content (AvgIpc) is 3.26. The second kappa shape index (κ2) is 9.86. The maximum atomic E-state index is 12.9. The lowest BCUT2D eigenvalue weighted by atomic mass is 10.1. The third-order valence-corrected chi connectivity index (χ3v) is 5.30. The molecule has 2 N–H and O–H groups in total. The van der Waals surface area contributed by atoms with Crippen molar-refractivity contribution in [2.45, 2.75) is 25.8 Å². The fraction of sp³-hybridized carbons (Fsp3) is 0.333. The zero-order valence-corrected chi connectivity index (χ0v) is 17.4. The van der Waals surface area contributed by atoms with E-state index in [4.69, 9.17) is 0 Å². The van der Waals surface area contributed by atoms with E-state index in [2.05, 4.69) is 10.6 Å². The van der Waals surface area contributed by atoms with E-state index >= 15 is 0 Å². The molecule has 11 nitrogen and oxygen atoms in total. The van der Waals surface area contributed by atoms with Crippen LogP contribution in [0.2, 0.25) is 0 Å². The molecular weight excluding hydrogens is 418 g/mol. The van der Waals surface area contributed by atoms with Crippen LogP contribution in [0.25, 0.3) is 0 Å². The maximum Gasteiger partial charge on any atom is 0.292 e. The van der Waals surface area contributed by atoms with Crippen LogP contribution in [-0.2, 0) is 4.79 Å². The summed E-state index contributed by atoms with van der Waals surface area (Å²) in [5.74, 6) is -0.655. The molecule has 0 spiro atoms. The Kier molecular flexibility index (Phi) is 6.98. The minimum atomic E-state index is -0.635. The molecule has 1 atom stereocenters. The number of nitro groups is 2. The molecule has 3 rings (SSSR count). The monoisotopic (exact) mass is 441 g/mol. The van der Waals surface area contributed by atoms with Crippen LogP contribution in [-0.4, -0.2) is 52.2 Å². The molecule has 1 saturated heterocycles. The van der Waals surface area contributed by atoms with Gasteiger partial charge in [-0.25, -0.2) is 0 Å². The number of carbonyl (C=O) groups excluding carboxylic acids is 2. The predicted molar refractivity (Wildman–Crippen MR) is 116 cm³/mol. The van der Waals surface area contributed by atoms with Crippen LogP contribution in [0.15, 0.2) is 42.5 Å². The van der Waals surface area contributed by atoms with Gasteiger partial charge >= 0.3 is 0 Å². The number of hydrogen-bond donors (Lipinski definition) is 2. The van der Waals surface area contributed by atoms with Crippen molar-refractivity contribution in [3.63, 3.8) is 0 Å². The van der Waals surface area contributed by atoms with Gasteiger partial charge in [-0.15, -0.1) is 0 Å². The minimum Gasteiger partial charge on any atom is -0.378 e. The maximum absolute atomic E-state index is 12.9. The topological polar surface area (TPSA) is 148 Å². The average molecular weight is 441 g/mol. The number of aryl methyl sites for hydroxylation is 1. The molecule has 0 aliphatic carbocycles. The lowest BCUT2D eigenvalue weighted by Crippen LogP contribution is -2.46. The summed E-state index contributed by atoms with van der Waals surface area (Å²) in [5.41, 5.74) is 0.916. The van der Waals surface area contributed by atoms with Crippen molar-refractivity contribution in [3.05, 3.63) is 73.8 Å². The van der Waals surface area contributed by atoms with Crippen LogP contribution in [0.3, 0.4) is 0 Å². The molecule has 2 aromatic rings. The van der Waals surface area contributed by atoms with E-state index in [1.54, 1.807) is 25.1 Å². The molecule has 0 bridgehead atoms. The highest BCUT2D eigenvalue weighted by Gasteiger charge is 2.34. The first-order chi connectivity index (χ1) is 15.3. The summed E-state index contributed by atoms with van der Waals surface area (Å²) >= 11 is 0. The van der Waals surface area contributed by atoms with Crippen molar-refractivity contribution < 1.29 is 19.4 Å². The molecule has 0 saturated carbocycles. The molecular formula is C21H23N5O6. The van der Waals surface area contributed by atoms with Crippen LogP contribution in [0, 0.1) is 27.2 Å². The predicted octanol–water partition coefficient (Wildman–Crippen LogP) is 2.64. The van der Waals surface area contributed by atoms with Crippen molar-refractivity contribution >= 4 is 28.9 Å². The quantitative estimate of drug-likeness (QED) is 0.363. The second-order valence-corrected chi connectivity index (χ2v) is 7.41. The smallest absolute Gasteiger partial charge is 0.292 e. The summed E-state index contributed by atoms with van der Waals surface area (Å²) in [5, 5.41) is 27.7. The van der Waals surface area contributed by atoms with Gasteiger partial charge in [-0.1, -0.05) is 12.1 Å². The molecule has 1 aliphatic heterocycles. The van der Waals surface area contributed by atoms with Gasteiger partial charge in [0.1, 0.15) is 11.7 Å². The van der Waals surface area contributed by atoms with Crippen LogP contribution < -0.4 is 10.6 Å². The number of anilines is 1. The van der Waals surface area contributed by atoms with Gasteiger partial charge in [0, 0.05) is 42.9 Å². The van der Waals surface area contributed by atoms with Gasteiger partial charge in [0.2, 0.25) is 5.91 Å². The molecule has 0 radical (unpaired) electrons. The van der Waals surface area contributed by atoms with E-state index in [9.17, 15) is 29.8 Å². The minimum absolute atomic E-state index is 0.0511. The Balaban J connectivity index is 1.57. The number of amides is 2. The molecule has 2 aromatic carbocycles. The van der Waals surface area contributed by atoms with Crippen LogP contribution >= 0.6 is 0 Å². The zero-order chi connectivity index (χ0) is 23.3. The molecule has 1 fully saturated rings. The summed E-state index contributed by atoms with van der Waals surface area (Å²) in [6, 6.07) is 9.75. The SMILES string of the molecule is Cc1cc(C(=O)N2CCCC2C(=O)NCCNc2ccccc2[N+](=O)[O-])ccc1[N+](=O)[O-]. The first kappa shape index (κ1) is 22.7. The van der Waals surface area contributed by atoms with Gasteiger partial charge in [0.05, 0.1) is 9.85 Å². The number of carbonyl (C=O) groups is 2. The van der Waals surface area contributed by atoms with Gasteiger partial charge in [-0.05, 0) is 38.0 Å². The Labute approximate surface area is 183 Å². The molecule has 11 heteroatoms. The number of rotatable bonds is 8. The summed E-state index contributed by atoms with van der Waals surface area (Å²) in [7, 11) is 0. The molecule has 0 aromatic heterocycles. The normalized spacial score (nSPS) is 15.3. The van der Waals surface area contributed by atoms with Crippen molar-refractivity contribution in [1.29, 1.82) is 0 Å². The van der Waals surface area contributed by atoms with Crippen LogP contribution in [0.4, 0.5) is 17.1 Å². The molecule has 32 heavy (non-hydrogen) atoms. The number of benzene rings is 2. The van der Waals surface area contributed by atoms with Crippen molar-refractivity contribution in [2.75, 3.05) is 25.0 Å². The van der Waals surface area contributed by atoms with Crippen molar-refractivity contribution in [1.82, 2.24) is 10.2 Å². The Morgan fingerprint density at radius 1 is 1.06 bits per heavy atom. The Hall–Kier alpha value is -4.02. The highest BCUT2D eigenvalue weighted by Crippen LogP contribution is 2.24. The third-order valence-electron chi connectivity index (χ3n) is 5.30. The van der Waals surface area contributed by atoms with Gasteiger partial charge in [-0.3, -0.25) is 29.8 Å².